The first kappa shape index (κ1) is 12.9. The van der Waals surface area contributed by atoms with E-state index in [1.54, 1.807) is 6.07 Å². The smallest absolute Gasteiger partial charge is 0.129 e. The number of rotatable bonds is 3. The van der Waals surface area contributed by atoms with Gasteiger partial charge in [0.05, 0.1) is 0 Å². The van der Waals surface area contributed by atoms with Crippen LogP contribution in [0.3, 0.4) is 0 Å². The molecule has 84 valence electrons. The fraction of sp³-hybridized carbons (Fsp3) is 0.455. The lowest BCUT2D eigenvalue weighted by Crippen LogP contribution is -2.13. The number of hydrogen-bond acceptors (Lipinski definition) is 1. The van der Waals surface area contributed by atoms with Gasteiger partial charge in [-0.1, -0.05) is 34.8 Å². The molecule has 0 radical (unpaired) electrons. The average molecular weight is 295 g/mol. The zero-order chi connectivity index (χ0) is 10.1. The van der Waals surface area contributed by atoms with Crippen molar-refractivity contribution < 1.29 is 4.39 Å². The molecule has 1 aliphatic rings. The fourth-order valence-electron chi connectivity index (χ4n) is 1.70. The molecule has 0 spiro atoms. The summed E-state index contributed by atoms with van der Waals surface area (Å²) in [5, 5.41) is 0. The molecule has 0 unspecified atom stereocenters. The summed E-state index contributed by atoms with van der Waals surface area (Å²) in [5.41, 5.74) is 6.59. The van der Waals surface area contributed by atoms with E-state index in [0.29, 0.717) is 5.56 Å². The Morgan fingerprint density at radius 2 is 2.13 bits per heavy atom. The second kappa shape index (κ2) is 5.28. The van der Waals surface area contributed by atoms with E-state index in [4.69, 9.17) is 5.73 Å². The molecule has 1 aliphatic carbocycles. The Bertz CT molecular complexity index is 321. The molecule has 0 heterocycles. The Labute approximate surface area is 104 Å². The molecule has 1 saturated carbocycles. The molecule has 1 nitrogen and oxygen atoms in total. The van der Waals surface area contributed by atoms with Crippen molar-refractivity contribution in [3.63, 3.8) is 0 Å². The standard InChI is InChI=1S/C11H13BrFN.ClH/c12-8-2-1-3-9(13)11(8)10(14)6-7-4-5-7;/h1-3,7,10H,4-6,14H2;1H/t10-;/m1./s1. The Morgan fingerprint density at radius 3 is 2.67 bits per heavy atom. The molecule has 1 aromatic rings. The van der Waals surface area contributed by atoms with Crippen LogP contribution in [0.15, 0.2) is 22.7 Å². The van der Waals surface area contributed by atoms with Gasteiger partial charge in [0.1, 0.15) is 5.82 Å². The zero-order valence-electron chi connectivity index (χ0n) is 8.25. The molecular formula is C11H14BrClFN. The van der Waals surface area contributed by atoms with E-state index >= 15 is 0 Å². The summed E-state index contributed by atoms with van der Waals surface area (Å²) in [6.07, 6.45) is 3.40. The second-order valence-electron chi connectivity index (χ2n) is 3.92. The van der Waals surface area contributed by atoms with E-state index in [9.17, 15) is 4.39 Å². The van der Waals surface area contributed by atoms with E-state index in [1.165, 1.54) is 18.9 Å². The molecule has 2 rings (SSSR count). The molecule has 0 amide bonds. The van der Waals surface area contributed by atoms with Crippen LogP contribution in [0.4, 0.5) is 4.39 Å². The van der Waals surface area contributed by atoms with Crippen LogP contribution in [0.25, 0.3) is 0 Å². The van der Waals surface area contributed by atoms with Crippen molar-refractivity contribution >= 4 is 28.3 Å². The minimum atomic E-state index is -0.201. The molecule has 15 heavy (non-hydrogen) atoms. The number of hydrogen-bond donors (Lipinski definition) is 1. The number of halogens is 3. The quantitative estimate of drug-likeness (QED) is 0.901. The lowest BCUT2D eigenvalue weighted by atomic mass is 10.0. The van der Waals surface area contributed by atoms with E-state index in [2.05, 4.69) is 15.9 Å². The monoisotopic (exact) mass is 293 g/mol. The predicted molar refractivity (Wildman–Crippen MR) is 65.6 cm³/mol. The van der Waals surface area contributed by atoms with Gasteiger partial charge in [0.2, 0.25) is 0 Å². The van der Waals surface area contributed by atoms with E-state index in [-0.39, 0.29) is 24.3 Å². The molecule has 0 bridgehead atoms. The van der Waals surface area contributed by atoms with Crippen LogP contribution in [-0.2, 0) is 0 Å². The largest absolute Gasteiger partial charge is 0.324 e. The zero-order valence-corrected chi connectivity index (χ0v) is 10.7. The topological polar surface area (TPSA) is 26.0 Å². The Morgan fingerprint density at radius 1 is 1.47 bits per heavy atom. The third-order valence-electron chi connectivity index (χ3n) is 2.65. The lowest BCUT2D eigenvalue weighted by Gasteiger charge is -2.14. The molecule has 1 atom stereocenters. The predicted octanol–water partition coefficient (Wildman–Crippen LogP) is 3.81. The van der Waals surface area contributed by atoms with Gasteiger partial charge in [-0.15, -0.1) is 12.4 Å². The van der Waals surface area contributed by atoms with Crippen LogP contribution < -0.4 is 5.73 Å². The molecule has 4 heteroatoms. The summed E-state index contributed by atoms with van der Waals surface area (Å²) < 4.78 is 14.2. The van der Waals surface area contributed by atoms with Crippen molar-refractivity contribution in [3.8, 4) is 0 Å². The summed E-state index contributed by atoms with van der Waals surface area (Å²) in [6.45, 7) is 0. The molecule has 1 aromatic carbocycles. The summed E-state index contributed by atoms with van der Waals surface area (Å²) in [4.78, 5) is 0. The fourth-order valence-corrected chi connectivity index (χ4v) is 2.33. The molecule has 1 fully saturated rings. The highest BCUT2D eigenvalue weighted by atomic mass is 79.9. The summed E-state index contributed by atoms with van der Waals surface area (Å²) >= 11 is 3.34. The minimum Gasteiger partial charge on any atom is -0.324 e. The lowest BCUT2D eigenvalue weighted by molar-refractivity contribution is 0.540. The highest BCUT2D eigenvalue weighted by Gasteiger charge is 2.26. The maximum Gasteiger partial charge on any atom is 0.129 e. The van der Waals surface area contributed by atoms with Crippen LogP contribution in [-0.4, -0.2) is 0 Å². The SMILES string of the molecule is Cl.N[C@H](CC1CC1)c1c(F)cccc1Br. The molecule has 2 N–H and O–H groups in total. The first-order valence-electron chi connectivity index (χ1n) is 4.88. The summed E-state index contributed by atoms with van der Waals surface area (Å²) in [5.74, 6) is 0.518. The normalized spacial score (nSPS) is 17.0. The minimum absolute atomic E-state index is 0. The third-order valence-corrected chi connectivity index (χ3v) is 3.35. The van der Waals surface area contributed by atoms with Crippen molar-refractivity contribution in [1.82, 2.24) is 0 Å². The molecule has 0 aliphatic heterocycles. The Hall–Kier alpha value is -0.120. The molecule has 0 aromatic heterocycles. The van der Waals surface area contributed by atoms with Crippen LogP contribution >= 0.6 is 28.3 Å². The van der Waals surface area contributed by atoms with Gasteiger partial charge in [-0.25, -0.2) is 4.39 Å². The second-order valence-corrected chi connectivity index (χ2v) is 4.78. The van der Waals surface area contributed by atoms with Crippen molar-refractivity contribution in [2.75, 3.05) is 0 Å². The number of nitrogens with two attached hydrogens (primary N) is 1. The highest BCUT2D eigenvalue weighted by molar-refractivity contribution is 9.10. The van der Waals surface area contributed by atoms with Crippen molar-refractivity contribution in [2.24, 2.45) is 11.7 Å². The van der Waals surface area contributed by atoms with Gasteiger partial charge in [0.15, 0.2) is 0 Å². The maximum absolute atomic E-state index is 13.5. The van der Waals surface area contributed by atoms with Gasteiger partial charge in [-0.05, 0) is 24.5 Å². The van der Waals surface area contributed by atoms with Gasteiger partial charge in [0, 0.05) is 16.1 Å². The first-order valence-corrected chi connectivity index (χ1v) is 5.67. The van der Waals surface area contributed by atoms with Crippen LogP contribution in [0.5, 0.6) is 0 Å². The van der Waals surface area contributed by atoms with Crippen LogP contribution in [0, 0.1) is 11.7 Å². The third kappa shape index (κ3) is 3.16. The highest BCUT2D eigenvalue weighted by Crippen LogP contribution is 2.38. The maximum atomic E-state index is 13.5. The summed E-state index contributed by atoms with van der Waals surface area (Å²) in [6, 6.07) is 4.82. The Balaban J connectivity index is 0.00000112. The number of benzene rings is 1. The van der Waals surface area contributed by atoms with E-state index in [0.717, 1.165) is 16.8 Å². The average Bonchev–Trinajstić information content (AvgIpc) is 2.87. The van der Waals surface area contributed by atoms with Crippen LogP contribution in [0.2, 0.25) is 0 Å². The van der Waals surface area contributed by atoms with Gasteiger partial charge in [-0.3, -0.25) is 0 Å². The first-order chi connectivity index (χ1) is 6.68. The van der Waals surface area contributed by atoms with Gasteiger partial charge >= 0.3 is 0 Å². The van der Waals surface area contributed by atoms with E-state index in [1.807, 2.05) is 6.07 Å². The van der Waals surface area contributed by atoms with Crippen molar-refractivity contribution in [1.29, 1.82) is 0 Å². The van der Waals surface area contributed by atoms with Crippen LogP contribution in [0.1, 0.15) is 30.9 Å². The van der Waals surface area contributed by atoms with Gasteiger partial charge in [0.25, 0.3) is 0 Å². The van der Waals surface area contributed by atoms with Gasteiger partial charge in [-0.2, -0.15) is 0 Å². The van der Waals surface area contributed by atoms with Gasteiger partial charge < -0.3 is 5.73 Å². The Kier molecular flexibility index (Phi) is 4.56. The molecular weight excluding hydrogens is 280 g/mol. The van der Waals surface area contributed by atoms with Crippen molar-refractivity contribution in [2.45, 2.75) is 25.3 Å². The van der Waals surface area contributed by atoms with Crippen molar-refractivity contribution in [3.05, 3.63) is 34.1 Å². The molecule has 0 saturated heterocycles. The summed E-state index contributed by atoms with van der Waals surface area (Å²) in [7, 11) is 0. The van der Waals surface area contributed by atoms with E-state index < -0.39 is 0 Å².